The minimum absolute atomic E-state index is 0.277. The molecule has 0 aromatic carbocycles. The molecule has 0 aliphatic heterocycles. The van der Waals surface area contributed by atoms with Crippen LogP contribution in [0.4, 0.5) is 0 Å². The van der Waals surface area contributed by atoms with E-state index in [9.17, 15) is 4.79 Å². The summed E-state index contributed by atoms with van der Waals surface area (Å²) in [7, 11) is 0. The quantitative estimate of drug-likeness (QED) is 0.482. The molecular formula is C18H30O. The van der Waals surface area contributed by atoms with Crippen LogP contribution in [0, 0.1) is 0 Å². The third-order valence-corrected chi connectivity index (χ3v) is 3.11. The van der Waals surface area contributed by atoms with Crippen molar-refractivity contribution in [1.82, 2.24) is 0 Å². The van der Waals surface area contributed by atoms with Gasteiger partial charge in [-0.15, -0.1) is 0 Å². The van der Waals surface area contributed by atoms with E-state index in [0.29, 0.717) is 6.42 Å². The number of carbonyl (C=O) groups is 1. The van der Waals surface area contributed by atoms with Gasteiger partial charge in [-0.25, -0.2) is 0 Å². The van der Waals surface area contributed by atoms with Crippen molar-refractivity contribution in [2.24, 2.45) is 0 Å². The Morgan fingerprint density at radius 3 is 1.53 bits per heavy atom. The van der Waals surface area contributed by atoms with Crippen LogP contribution in [0.3, 0.4) is 0 Å². The topological polar surface area (TPSA) is 17.1 Å². The summed E-state index contributed by atoms with van der Waals surface area (Å²) in [6.07, 6.45) is 13.0. The molecule has 0 aliphatic carbocycles. The van der Waals surface area contributed by atoms with E-state index in [1.807, 2.05) is 0 Å². The van der Waals surface area contributed by atoms with Gasteiger partial charge in [0.1, 0.15) is 5.78 Å². The van der Waals surface area contributed by atoms with Gasteiger partial charge >= 0.3 is 0 Å². The minimum atomic E-state index is 0.277. The van der Waals surface area contributed by atoms with Crippen LogP contribution in [0.1, 0.15) is 73.1 Å². The molecule has 0 saturated carbocycles. The number of rotatable bonds is 9. The summed E-state index contributed by atoms with van der Waals surface area (Å²) in [5, 5.41) is 0. The summed E-state index contributed by atoms with van der Waals surface area (Å²) in [5.74, 6) is 0.277. The highest BCUT2D eigenvalue weighted by molar-refractivity contribution is 5.75. The van der Waals surface area contributed by atoms with Crippen molar-refractivity contribution in [3.8, 4) is 0 Å². The second kappa shape index (κ2) is 10.8. The molecule has 0 aromatic heterocycles. The number of hydrogen-bond donors (Lipinski definition) is 0. The molecule has 0 rings (SSSR count). The van der Waals surface area contributed by atoms with Crippen molar-refractivity contribution in [3.63, 3.8) is 0 Å². The number of hydrogen-bond acceptors (Lipinski definition) is 1. The number of carbonyl (C=O) groups excluding carboxylic acids is 1. The Kier molecular flexibility index (Phi) is 10.1. The summed E-state index contributed by atoms with van der Waals surface area (Å²) in [6, 6.07) is 0. The Balaban J connectivity index is 3.86. The molecule has 0 bridgehead atoms. The molecule has 1 heteroatoms. The predicted octanol–water partition coefficient (Wildman–Crippen LogP) is 5.77. The normalized spacial score (nSPS) is 12.5. The zero-order chi connectivity index (χ0) is 14.7. The fourth-order valence-electron chi connectivity index (χ4n) is 1.86. The first-order valence-corrected chi connectivity index (χ1v) is 7.36. The fourth-order valence-corrected chi connectivity index (χ4v) is 1.86. The van der Waals surface area contributed by atoms with E-state index in [4.69, 9.17) is 0 Å². The third-order valence-electron chi connectivity index (χ3n) is 3.11. The van der Waals surface area contributed by atoms with Gasteiger partial charge in [-0.3, -0.25) is 0 Å². The Labute approximate surface area is 119 Å². The fraction of sp³-hybridized carbons (Fsp3) is 0.611. The molecule has 108 valence electrons. The molecule has 0 aromatic rings. The summed E-state index contributed by atoms with van der Waals surface area (Å²) >= 11 is 0. The highest BCUT2D eigenvalue weighted by Gasteiger charge is 1.93. The van der Waals surface area contributed by atoms with Crippen molar-refractivity contribution in [2.45, 2.75) is 73.1 Å². The molecule has 0 N–H and O–H groups in total. The molecule has 0 fully saturated rings. The average Bonchev–Trinajstić information content (AvgIpc) is 2.27. The van der Waals surface area contributed by atoms with E-state index in [-0.39, 0.29) is 5.78 Å². The number of ketones is 1. The summed E-state index contributed by atoms with van der Waals surface area (Å²) in [4.78, 5) is 10.8. The molecular weight excluding hydrogens is 232 g/mol. The zero-order valence-electron chi connectivity index (χ0n) is 13.4. The second-order valence-corrected chi connectivity index (χ2v) is 5.70. The molecule has 0 saturated heterocycles. The standard InChI is InChI=1S/C18H30O/c1-15(2)9-6-10-16(3)11-7-12-17(4)13-8-14-18(5)19/h9,11,13H,6-8,10,12,14H2,1-5H3. The van der Waals surface area contributed by atoms with Crippen molar-refractivity contribution in [2.75, 3.05) is 0 Å². The van der Waals surface area contributed by atoms with E-state index in [2.05, 4.69) is 45.9 Å². The summed E-state index contributed by atoms with van der Waals surface area (Å²) < 4.78 is 0. The van der Waals surface area contributed by atoms with Gasteiger partial charge in [0, 0.05) is 6.42 Å². The number of Topliss-reactive ketones (excluding diaryl/α,β-unsaturated/α-hetero) is 1. The van der Waals surface area contributed by atoms with Crippen LogP contribution in [0.5, 0.6) is 0 Å². The Morgan fingerprint density at radius 2 is 1.11 bits per heavy atom. The van der Waals surface area contributed by atoms with Crippen LogP contribution in [-0.4, -0.2) is 5.78 Å². The maximum atomic E-state index is 10.8. The minimum Gasteiger partial charge on any atom is -0.300 e. The second-order valence-electron chi connectivity index (χ2n) is 5.70. The van der Waals surface area contributed by atoms with Crippen LogP contribution in [0.25, 0.3) is 0 Å². The lowest BCUT2D eigenvalue weighted by atomic mass is 10.1. The molecule has 19 heavy (non-hydrogen) atoms. The zero-order valence-corrected chi connectivity index (χ0v) is 13.4. The lowest BCUT2D eigenvalue weighted by Crippen LogP contribution is -1.87. The van der Waals surface area contributed by atoms with Gasteiger partial charge < -0.3 is 4.79 Å². The van der Waals surface area contributed by atoms with E-state index >= 15 is 0 Å². The monoisotopic (exact) mass is 262 g/mol. The van der Waals surface area contributed by atoms with E-state index in [1.54, 1.807) is 6.92 Å². The van der Waals surface area contributed by atoms with Crippen molar-refractivity contribution >= 4 is 5.78 Å². The smallest absolute Gasteiger partial charge is 0.130 e. The first kappa shape index (κ1) is 17.9. The average molecular weight is 262 g/mol. The molecule has 0 radical (unpaired) electrons. The SMILES string of the molecule is CC(=O)CCC=C(C)CCC=C(C)CCC=C(C)C. The van der Waals surface area contributed by atoms with Gasteiger partial charge in [0.15, 0.2) is 0 Å². The highest BCUT2D eigenvalue weighted by Crippen LogP contribution is 2.12. The Hall–Kier alpha value is -1.11. The van der Waals surface area contributed by atoms with Crippen LogP contribution in [0.2, 0.25) is 0 Å². The molecule has 0 aliphatic rings. The summed E-state index contributed by atoms with van der Waals surface area (Å²) in [6.45, 7) is 10.3. The first-order chi connectivity index (χ1) is 8.91. The van der Waals surface area contributed by atoms with Crippen LogP contribution >= 0.6 is 0 Å². The van der Waals surface area contributed by atoms with E-state index in [1.165, 1.54) is 16.7 Å². The maximum absolute atomic E-state index is 10.8. The molecule has 0 heterocycles. The molecule has 0 amide bonds. The van der Waals surface area contributed by atoms with Crippen molar-refractivity contribution < 1.29 is 4.79 Å². The molecule has 0 atom stereocenters. The van der Waals surface area contributed by atoms with Gasteiger partial charge in [0.05, 0.1) is 0 Å². The Bertz CT molecular complexity index is 352. The third kappa shape index (κ3) is 13.1. The van der Waals surface area contributed by atoms with Crippen LogP contribution in [0.15, 0.2) is 34.9 Å². The van der Waals surface area contributed by atoms with Gasteiger partial charge in [0.2, 0.25) is 0 Å². The number of allylic oxidation sites excluding steroid dienone is 6. The predicted molar refractivity (Wildman–Crippen MR) is 85.3 cm³/mol. The summed E-state index contributed by atoms with van der Waals surface area (Å²) in [5.41, 5.74) is 4.28. The lowest BCUT2D eigenvalue weighted by molar-refractivity contribution is -0.116. The lowest BCUT2D eigenvalue weighted by Gasteiger charge is -2.01. The van der Waals surface area contributed by atoms with Gasteiger partial charge in [-0.1, -0.05) is 34.9 Å². The molecule has 0 spiro atoms. The van der Waals surface area contributed by atoms with Crippen molar-refractivity contribution in [1.29, 1.82) is 0 Å². The largest absolute Gasteiger partial charge is 0.300 e. The van der Waals surface area contributed by atoms with Gasteiger partial charge in [-0.05, 0) is 66.7 Å². The first-order valence-electron chi connectivity index (χ1n) is 7.36. The van der Waals surface area contributed by atoms with Gasteiger partial charge in [0.25, 0.3) is 0 Å². The molecule has 1 nitrogen and oxygen atoms in total. The van der Waals surface area contributed by atoms with E-state index < -0.39 is 0 Å². The highest BCUT2D eigenvalue weighted by atomic mass is 16.1. The molecule has 0 unspecified atom stereocenters. The Morgan fingerprint density at radius 1 is 0.684 bits per heavy atom. The van der Waals surface area contributed by atoms with Crippen molar-refractivity contribution in [3.05, 3.63) is 34.9 Å². The van der Waals surface area contributed by atoms with Crippen LogP contribution in [-0.2, 0) is 4.79 Å². The van der Waals surface area contributed by atoms with Crippen LogP contribution < -0.4 is 0 Å². The van der Waals surface area contributed by atoms with E-state index in [0.717, 1.165) is 32.1 Å². The maximum Gasteiger partial charge on any atom is 0.130 e. The van der Waals surface area contributed by atoms with Gasteiger partial charge in [-0.2, -0.15) is 0 Å².